The molecule has 5 nitrogen and oxygen atoms in total. The van der Waals surface area contributed by atoms with Crippen molar-refractivity contribution in [3.05, 3.63) is 101 Å². The average molecular weight is 521 g/mol. The van der Waals surface area contributed by atoms with Gasteiger partial charge in [0, 0.05) is 35.3 Å². The Kier molecular flexibility index (Phi) is 9.36. The van der Waals surface area contributed by atoms with Crippen molar-refractivity contribution in [1.29, 1.82) is 0 Å². The molecule has 0 radical (unpaired) electrons. The molecule has 4 rings (SSSR count). The minimum atomic E-state index is -0.957. The summed E-state index contributed by atoms with van der Waals surface area (Å²) in [7, 11) is 1.89. The SMILES string of the molecule is CN(C(=O)c1ccc(C[C@H](NCc2ccc(F)cc2)C(=O)O)cc1)C1CCCCC1Sc1ccccc1. The molecule has 3 atom stereocenters. The number of hydrogen-bond acceptors (Lipinski definition) is 4. The molecule has 1 fully saturated rings. The van der Waals surface area contributed by atoms with Crippen LogP contribution in [0.3, 0.4) is 0 Å². The van der Waals surface area contributed by atoms with E-state index < -0.39 is 12.0 Å². The summed E-state index contributed by atoms with van der Waals surface area (Å²) in [5, 5.41) is 13.0. The molecule has 0 bridgehead atoms. The molecule has 2 N–H and O–H groups in total. The minimum Gasteiger partial charge on any atom is -0.480 e. The highest BCUT2D eigenvalue weighted by Crippen LogP contribution is 2.36. The lowest BCUT2D eigenvalue weighted by atomic mass is 9.93. The smallest absolute Gasteiger partial charge is 0.321 e. The Morgan fingerprint density at radius 3 is 2.30 bits per heavy atom. The molecular formula is C30H33FN2O3S. The zero-order valence-corrected chi connectivity index (χ0v) is 21.8. The van der Waals surface area contributed by atoms with Crippen LogP contribution in [0, 0.1) is 5.82 Å². The molecule has 1 aliphatic carbocycles. The van der Waals surface area contributed by atoms with Crippen molar-refractivity contribution in [3.63, 3.8) is 0 Å². The van der Waals surface area contributed by atoms with Crippen LogP contribution in [0.4, 0.5) is 4.39 Å². The van der Waals surface area contributed by atoms with Gasteiger partial charge in [-0.25, -0.2) is 4.39 Å². The first-order chi connectivity index (χ1) is 17.9. The van der Waals surface area contributed by atoms with Gasteiger partial charge >= 0.3 is 5.97 Å². The number of carboxylic acid groups (broad SMARTS) is 1. The van der Waals surface area contributed by atoms with Crippen molar-refractivity contribution in [2.45, 2.75) is 60.9 Å². The predicted octanol–water partition coefficient (Wildman–Crippen LogP) is 5.79. The zero-order valence-electron chi connectivity index (χ0n) is 21.0. The third kappa shape index (κ3) is 7.43. The fourth-order valence-electron chi connectivity index (χ4n) is 4.80. The topological polar surface area (TPSA) is 69.6 Å². The Balaban J connectivity index is 1.37. The van der Waals surface area contributed by atoms with Gasteiger partial charge in [0.2, 0.25) is 0 Å². The summed E-state index contributed by atoms with van der Waals surface area (Å²) in [4.78, 5) is 28.3. The lowest BCUT2D eigenvalue weighted by Crippen LogP contribution is -2.45. The summed E-state index contributed by atoms with van der Waals surface area (Å²) in [6, 6.07) is 22.9. The van der Waals surface area contributed by atoms with Gasteiger partial charge in [0.1, 0.15) is 11.9 Å². The molecule has 1 amide bonds. The highest BCUT2D eigenvalue weighted by molar-refractivity contribution is 8.00. The summed E-state index contributed by atoms with van der Waals surface area (Å²) >= 11 is 1.85. The quantitative estimate of drug-likeness (QED) is 0.354. The van der Waals surface area contributed by atoms with Crippen LogP contribution >= 0.6 is 11.8 Å². The van der Waals surface area contributed by atoms with Crippen LogP contribution in [0.5, 0.6) is 0 Å². The standard InChI is InChI=1S/C30H33FN2O3S/c1-33(27-9-5-6-10-28(27)37-25-7-3-2-4-8-25)29(34)23-15-11-21(12-16-23)19-26(30(35)36)32-20-22-13-17-24(31)18-14-22/h2-4,7-8,11-18,26-28,32H,5-6,9-10,19-20H2,1H3,(H,35,36)/t26-,27?,28?/m0/s1. The molecule has 0 aromatic heterocycles. The number of carbonyl (C=O) groups excluding carboxylic acids is 1. The summed E-state index contributed by atoms with van der Waals surface area (Å²) in [5.41, 5.74) is 2.24. The molecule has 0 spiro atoms. The second-order valence-electron chi connectivity index (χ2n) is 9.54. The lowest BCUT2D eigenvalue weighted by molar-refractivity contribution is -0.139. The van der Waals surface area contributed by atoms with E-state index in [9.17, 15) is 19.1 Å². The monoisotopic (exact) mass is 520 g/mol. The van der Waals surface area contributed by atoms with E-state index in [1.807, 2.05) is 54.0 Å². The van der Waals surface area contributed by atoms with E-state index in [2.05, 4.69) is 17.4 Å². The van der Waals surface area contributed by atoms with Gasteiger partial charge in [0.25, 0.3) is 5.91 Å². The number of carboxylic acids is 1. The Labute approximate surface area is 222 Å². The third-order valence-corrected chi connectivity index (χ3v) is 8.32. The van der Waals surface area contributed by atoms with Gasteiger partial charge in [-0.2, -0.15) is 0 Å². The van der Waals surface area contributed by atoms with Crippen molar-refractivity contribution < 1.29 is 19.1 Å². The van der Waals surface area contributed by atoms with E-state index in [0.717, 1.165) is 30.4 Å². The van der Waals surface area contributed by atoms with E-state index in [-0.39, 0.29) is 24.2 Å². The zero-order chi connectivity index (χ0) is 26.2. The van der Waals surface area contributed by atoms with Crippen LogP contribution in [0.25, 0.3) is 0 Å². The predicted molar refractivity (Wildman–Crippen MR) is 145 cm³/mol. The molecule has 37 heavy (non-hydrogen) atoms. The Hall–Kier alpha value is -3.16. The molecule has 0 aliphatic heterocycles. The first-order valence-electron chi connectivity index (χ1n) is 12.7. The molecule has 7 heteroatoms. The van der Waals surface area contributed by atoms with Gasteiger partial charge in [-0.15, -0.1) is 11.8 Å². The van der Waals surface area contributed by atoms with Crippen molar-refractivity contribution in [2.75, 3.05) is 7.05 Å². The number of nitrogens with zero attached hydrogens (tertiary/aromatic N) is 1. The molecule has 2 unspecified atom stereocenters. The minimum absolute atomic E-state index is 0.0127. The number of halogens is 1. The molecule has 194 valence electrons. The molecule has 3 aromatic rings. The number of amides is 1. The third-order valence-electron chi connectivity index (χ3n) is 6.92. The second kappa shape index (κ2) is 12.9. The first kappa shape index (κ1) is 26.9. The van der Waals surface area contributed by atoms with Gasteiger partial charge in [-0.1, -0.05) is 55.3 Å². The highest BCUT2D eigenvalue weighted by Gasteiger charge is 2.32. The molecule has 1 saturated carbocycles. The maximum absolute atomic E-state index is 13.4. The maximum atomic E-state index is 13.4. The summed E-state index contributed by atoms with van der Waals surface area (Å²) in [5.74, 6) is -1.30. The van der Waals surface area contributed by atoms with Gasteiger partial charge in [-0.3, -0.25) is 9.59 Å². The normalized spacial score (nSPS) is 18.2. The van der Waals surface area contributed by atoms with Gasteiger partial charge in [0.15, 0.2) is 0 Å². The largest absolute Gasteiger partial charge is 0.480 e. The fraction of sp³-hybridized carbons (Fsp3) is 0.333. The van der Waals surface area contributed by atoms with E-state index in [0.29, 0.717) is 17.4 Å². The summed E-state index contributed by atoms with van der Waals surface area (Å²) < 4.78 is 13.1. The summed E-state index contributed by atoms with van der Waals surface area (Å²) in [6.07, 6.45) is 4.65. The average Bonchev–Trinajstić information content (AvgIpc) is 2.92. The number of hydrogen-bond donors (Lipinski definition) is 2. The van der Waals surface area contributed by atoms with Crippen LogP contribution in [0.15, 0.2) is 83.8 Å². The van der Waals surface area contributed by atoms with Crippen LogP contribution in [0.1, 0.15) is 47.2 Å². The molecular weight excluding hydrogens is 487 g/mol. The highest BCUT2D eigenvalue weighted by atomic mass is 32.2. The first-order valence-corrected chi connectivity index (χ1v) is 13.6. The summed E-state index contributed by atoms with van der Waals surface area (Å²) in [6.45, 7) is 0.322. The van der Waals surface area contributed by atoms with Crippen molar-refractivity contribution in [3.8, 4) is 0 Å². The number of nitrogens with one attached hydrogen (secondary N) is 1. The van der Waals surface area contributed by atoms with Crippen molar-refractivity contribution in [2.24, 2.45) is 0 Å². The second-order valence-corrected chi connectivity index (χ2v) is 10.8. The van der Waals surface area contributed by atoms with Crippen LogP contribution in [0.2, 0.25) is 0 Å². The number of benzene rings is 3. The van der Waals surface area contributed by atoms with E-state index in [1.54, 1.807) is 24.3 Å². The van der Waals surface area contributed by atoms with Crippen LogP contribution < -0.4 is 5.32 Å². The number of rotatable bonds is 10. The van der Waals surface area contributed by atoms with Crippen LogP contribution in [-0.4, -0.2) is 46.3 Å². The molecule has 3 aromatic carbocycles. The molecule has 0 saturated heterocycles. The van der Waals surface area contributed by atoms with Crippen molar-refractivity contribution in [1.82, 2.24) is 10.2 Å². The van der Waals surface area contributed by atoms with Gasteiger partial charge in [0.05, 0.1) is 0 Å². The maximum Gasteiger partial charge on any atom is 0.321 e. The Morgan fingerprint density at radius 1 is 0.973 bits per heavy atom. The van der Waals surface area contributed by atoms with E-state index in [4.69, 9.17) is 0 Å². The van der Waals surface area contributed by atoms with Gasteiger partial charge in [-0.05, 0) is 66.8 Å². The van der Waals surface area contributed by atoms with Crippen molar-refractivity contribution >= 4 is 23.6 Å². The molecule has 1 aliphatic rings. The fourth-order valence-corrected chi connectivity index (χ4v) is 6.22. The van der Waals surface area contributed by atoms with E-state index in [1.165, 1.54) is 23.4 Å². The Morgan fingerprint density at radius 2 is 1.62 bits per heavy atom. The number of carbonyl (C=O) groups is 2. The number of aliphatic carboxylic acids is 1. The van der Waals surface area contributed by atoms with Gasteiger partial charge < -0.3 is 15.3 Å². The number of thioether (sulfide) groups is 1. The molecule has 0 heterocycles. The lowest BCUT2D eigenvalue weighted by Gasteiger charge is -2.37. The van der Waals surface area contributed by atoms with E-state index >= 15 is 0 Å². The van der Waals surface area contributed by atoms with Crippen LogP contribution in [-0.2, 0) is 17.8 Å². The Bertz CT molecular complexity index is 1170.